The van der Waals surface area contributed by atoms with Crippen LogP contribution in [0.4, 0.5) is 0 Å². The number of aliphatic imine (C=N–C) groups is 1. The topological polar surface area (TPSA) is 53.7 Å². The van der Waals surface area contributed by atoms with Crippen LogP contribution >= 0.6 is 39.9 Å². The van der Waals surface area contributed by atoms with Crippen molar-refractivity contribution in [3.8, 4) is 0 Å². The zero-order chi connectivity index (χ0) is 14.4. The first-order valence-corrected chi connectivity index (χ1v) is 7.04. The summed E-state index contributed by atoms with van der Waals surface area (Å²) in [5.74, 6) is 0.809. The molecule has 0 fully saturated rings. The molecule has 1 aromatic carbocycles. The van der Waals surface area contributed by atoms with Crippen molar-refractivity contribution in [2.24, 2.45) is 4.99 Å². The van der Waals surface area contributed by atoms with E-state index in [2.05, 4.69) is 37.5 Å². The summed E-state index contributed by atoms with van der Waals surface area (Å²) in [6, 6.07) is 9.96. The van der Waals surface area contributed by atoms with Crippen molar-refractivity contribution >= 4 is 45.9 Å². The Labute approximate surface area is 149 Å². The van der Waals surface area contributed by atoms with E-state index in [9.17, 15) is 0 Å². The van der Waals surface area contributed by atoms with Crippen LogP contribution in [0.2, 0.25) is 0 Å². The van der Waals surface area contributed by atoms with Crippen molar-refractivity contribution in [2.75, 3.05) is 14.1 Å². The Morgan fingerprint density at radius 1 is 1.38 bits per heavy atom. The van der Waals surface area contributed by atoms with Crippen LogP contribution in [0.25, 0.3) is 0 Å². The second kappa shape index (κ2) is 9.04. The Balaban J connectivity index is 0.00000220. The fourth-order valence-corrected chi connectivity index (χ4v) is 2.26. The smallest absolute Gasteiger partial charge is 0.194 e. The van der Waals surface area contributed by atoms with Gasteiger partial charge in [-0.3, -0.25) is 4.99 Å². The lowest BCUT2D eigenvalue weighted by atomic mass is 10.2. The van der Waals surface area contributed by atoms with E-state index in [1.807, 2.05) is 36.2 Å². The van der Waals surface area contributed by atoms with Crippen molar-refractivity contribution in [3.05, 3.63) is 52.3 Å². The number of benzene rings is 1. The van der Waals surface area contributed by atoms with Crippen LogP contribution in [-0.4, -0.2) is 30.1 Å². The zero-order valence-electron chi connectivity index (χ0n) is 11.9. The van der Waals surface area contributed by atoms with Gasteiger partial charge < -0.3 is 14.7 Å². The number of nitrogens with one attached hydrogen (secondary N) is 1. The lowest BCUT2D eigenvalue weighted by molar-refractivity contribution is 0.391. The van der Waals surface area contributed by atoms with Crippen molar-refractivity contribution < 1.29 is 4.52 Å². The Morgan fingerprint density at radius 3 is 2.76 bits per heavy atom. The lowest BCUT2D eigenvalue weighted by Gasteiger charge is -2.21. The highest BCUT2D eigenvalue weighted by molar-refractivity contribution is 14.0. The molecular formula is C14H18BrIN4O. The summed E-state index contributed by atoms with van der Waals surface area (Å²) in [5.41, 5.74) is 2.06. The Hall–Kier alpha value is -1.09. The summed E-state index contributed by atoms with van der Waals surface area (Å²) < 4.78 is 5.92. The maximum Gasteiger partial charge on any atom is 0.194 e. The van der Waals surface area contributed by atoms with E-state index in [1.165, 1.54) is 5.56 Å². The fourth-order valence-electron chi connectivity index (χ4n) is 1.84. The van der Waals surface area contributed by atoms with Crippen LogP contribution in [0.1, 0.15) is 11.3 Å². The molecule has 1 N–H and O–H groups in total. The van der Waals surface area contributed by atoms with Crippen LogP contribution in [-0.2, 0) is 13.1 Å². The van der Waals surface area contributed by atoms with E-state index in [4.69, 9.17) is 4.52 Å². The minimum Gasteiger partial charge on any atom is -0.364 e. The van der Waals surface area contributed by atoms with E-state index >= 15 is 0 Å². The first kappa shape index (κ1) is 18.0. The summed E-state index contributed by atoms with van der Waals surface area (Å²) in [6.07, 6.45) is 1.57. The number of rotatable bonds is 4. The van der Waals surface area contributed by atoms with Gasteiger partial charge in [-0.1, -0.05) is 39.3 Å². The fraction of sp³-hybridized carbons (Fsp3) is 0.286. The van der Waals surface area contributed by atoms with Gasteiger partial charge in [0.05, 0.1) is 6.54 Å². The third-order valence-corrected chi connectivity index (χ3v) is 3.63. The highest BCUT2D eigenvalue weighted by Gasteiger charge is 2.08. The molecule has 1 aromatic heterocycles. The standard InChI is InChI=1S/C14H17BrN4O.HI/c1-16-14(19(2)10-12-7-8-20-18-12)17-9-11-5-3-4-6-13(11)15;/h3-8H,9-10H2,1-2H3,(H,16,17);1H. The number of halogens is 2. The molecule has 0 atom stereocenters. The number of hydrogen-bond acceptors (Lipinski definition) is 3. The molecule has 0 aliphatic carbocycles. The molecule has 0 saturated carbocycles. The van der Waals surface area contributed by atoms with Crippen LogP contribution in [0, 0.1) is 0 Å². The number of nitrogens with zero attached hydrogens (tertiary/aromatic N) is 3. The van der Waals surface area contributed by atoms with Gasteiger partial charge in [-0.2, -0.15) is 0 Å². The predicted octanol–water partition coefficient (Wildman–Crippen LogP) is 3.26. The summed E-state index contributed by atoms with van der Waals surface area (Å²) in [7, 11) is 3.73. The van der Waals surface area contributed by atoms with Gasteiger partial charge in [-0.25, -0.2) is 0 Å². The summed E-state index contributed by atoms with van der Waals surface area (Å²) >= 11 is 3.54. The summed E-state index contributed by atoms with van der Waals surface area (Å²) in [6.45, 7) is 1.35. The highest BCUT2D eigenvalue weighted by Crippen LogP contribution is 2.15. The molecule has 21 heavy (non-hydrogen) atoms. The first-order valence-electron chi connectivity index (χ1n) is 6.25. The van der Waals surface area contributed by atoms with E-state index in [-0.39, 0.29) is 24.0 Å². The van der Waals surface area contributed by atoms with E-state index < -0.39 is 0 Å². The normalized spacial score (nSPS) is 10.9. The van der Waals surface area contributed by atoms with Crippen molar-refractivity contribution in [1.29, 1.82) is 0 Å². The Morgan fingerprint density at radius 2 is 2.14 bits per heavy atom. The molecule has 0 saturated heterocycles. The van der Waals surface area contributed by atoms with Gasteiger partial charge in [0, 0.05) is 31.2 Å². The van der Waals surface area contributed by atoms with Crippen LogP contribution in [0.15, 0.2) is 50.6 Å². The van der Waals surface area contributed by atoms with Gasteiger partial charge in [0.25, 0.3) is 0 Å². The molecule has 0 aliphatic rings. The minimum absolute atomic E-state index is 0. The number of aromatic nitrogens is 1. The van der Waals surface area contributed by atoms with Gasteiger partial charge in [0.15, 0.2) is 5.96 Å². The third kappa shape index (κ3) is 5.31. The third-order valence-electron chi connectivity index (χ3n) is 2.86. The SMILES string of the molecule is CN=C(NCc1ccccc1Br)N(C)Cc1ccon1.I. The molecule has 114 valence electrons. The van der Waals surface area contributed by atoms with E-state index in [0.717, 1.165) is 16.1 Å². The Kier molecular flexibility index (Phi) is 7.73. The average molecular weight is 465 g/mol. The molecule has 0 radical (unpaired) electrons. The maximum absolute atomic E-state index is 4.83. The van der Waals surface area contributed by atoms with Gasteiger partial charge in [-0.05, 0) is 11.6 Å². The molecule has 0 amide bonds. The number of guanidine groups is 1. The average Bonchev–Trinajstić information content (AvgIpc) is 2.94. The first-order chi connectivity index (χ1) is 9.70. The molecule has 0 unspecified atom stereocenters. The van der Waals surface area contributed by atoms with Crippen molar-refractivity contribution in [1.82, 2.24) is 15.4 Å². The highest BCUT2D eigenvalue weighted by atomic mass is 127. The molecular weight excluding hydrogens is 447 g/mol. The van der Waals surface area contributed by atoms with Gasteiger partial charge in [-0.15, -0.1) is 24.0 Å². The van der Waals surface area contributed by atoms with Crippen LogP contribution < -0.4 is 5.32 Å². The molecule has 7 heteroatoms. The van der Waals surface area contributed by atoms with Crippen molar-refractivity contribution in [2.45, 2.75) is 13.1 Å². The minimum atomic E-state index is 0. The second-order valence-electron chi connectivity index (χ2n) is 4.34. The van der Waals surface area contributed by atoms with Gasteiger partial charge in [0.1, 0.15) is 12.0 Å². The van der Waals surface area contributed by atoms with E-state index in [0.29, 0.717) is 13.1 Å². The van der Waals surface area contributed by atoms with E-state index in [1.54, 1.807) is 13.3 Å². The molecule has 0 spiro atoms. The van der Waals surface area contributed by atoms with Gasteiger partial charge in [0.2, 0.25) is 0 Å². The Bertz CT molecular complexity index is 574. The quantitative estimate of drug-likeness (QED) is 0.428. The monoisotopic (exact) mass is 464 g/mol. The largest absolute Gasteiger partial charge is 0.364 e. The van der Waals surface area contributed by atoms with Gasteiger partial charge >= 0.3 is 0 Å². The molecule has 1 heterocycles. The zero-order valence-corrected chi connectivity index (χ0v) is 15.8. The summed E-state index contributed by atoms with van der Waals surface area (Å²) in [4.78, 5) is 6.27. The number of hydrogen-bond donors (Lipinski definition) is 1. The molecule has 5 nitrogen and oxygen atoms in total. The predicted molar refractivity (Wildman–Crippen MR) is 97.7 cm³/mol. The maximum atomic E-state index is 4.83. The molecule has 0 bridgehead atoms. The molecule has 2 aromatic rings. The van der Waals surface area contributed by atoms with Crippen LogP contribution in [0.3, 0.4) is 0 Å². The van der Waals surface area contributed by atoms with Crippen LogP contribution in [0.5, 0.6) is 0 Å². The second-order valence-corrected chi connectivity index (χ2v) is 5.19. The van der Waals surface area contributed by atoms with Crippen molar-refractivity contribution in [3.63, 3.8) is 0 Å². The lowest BCUT2D eigenvalue weighted by Crippen LogP contribution is -2.38. The summed E-state index contributed by atoms with van der Waals surface area (Å²) in [5, 5.41) is 7.22. The molecule has 2 rings (SSSR count). The molecule has 0 aliphatic heterocycles.